The zero-order valence-corrected chi connectivity index (χ0v) is 19.9. The van der Waals surface area contributed by atoms with Gasteiger partial charge in [0.05, 0.1) is 18.1 Å². The molecule has 0 fully saturated rings. The predicted octanol–water partition coefficient (Wildman–Crippen LogP) is 4.85. The van der Waals surface area contributed by atoms with Crippen molar-refractivity contribution < 1.29 is 13.9 Å². The first-order valence-corrected chi connectivity index (χ1v) is 11.4. The molecule has 5 aromatic rings. The molecule has 3 aromatic carbocycles. The highest BCUT2D eigenvalue weighted by molar-refractivity contribution is 6.30. The summed E-state index contributed by atoms with van der Waals surface area (Å²) in [4.78, 5) is 29.2. The Bertz CT molecular complexity index is 1650. The first-order chi connectivity index (χ1) is 16.8. The van der Waals surface area contributed by atoms with Gasteiger partial charge in [0.2, 0.25) is 0 Å². The van der Waals surface area contributed by atoms with Crippen LogP contribution in [0.1, 0.15) is 32.9 Å². The molecule has 0 spiro atoms. The van der Waals surface area contributed by atoms with Gasteiger partial charge in [0, 0.05) is 29.4 Å². The topological polar surface area (TPSA) is 100 Å². The van der Waals surface area contributed by atoms with E-state index in [9.17, 15) is 9.59 Å². The third kappa shape index (κ3) is 4.26. The standard InChI is InChI=1S/C27H22ClN3O4/c1-15-20-12-21-22(13-23(20)35-27(33)25(15)26(29)32)31(14-17-4-3-5-18(28)10-17)24(30-21)11-16-6-8-19(34-2)9-7-16/h3-10,12-13H,11,14H2,1-2H3,(H2,29,32). The molecule has 0 aliphatic heterocycles. The first kappa shape index (κ1) is 22.7. The summed E-state index contributed by atoms with van der Waals surface area (Å²) in [6, 6.07) is 19.1. The van der Waals surface area contributed by atoms with Gasteiger partial charge < -0.3 is 19.5 Å². The van der Waals surface area contributed by atoms with Gasteiger partial charge in [-0.1, -0.05) is 35.9 Å². The van der Waals surface area contributed by atoms with Gasteiger partial charge in [-0.25, -0.2) is 9.78 Å². The predicted molar refractivity (Wildman–Crippen MR) is 135 cm³/mol. The lowest BCUT2D eigenvalue weighted by Gasteiger charge is -2.11. The van der Waals surface area contributed by atoms with Crippen LogP contribution in [0.5, 0.6) is 5.75 Å². The van der Waals surface area contributed by atoms with Gasteiger partial charge >= 0.3 is 5.63 Å². The number of nitrogens with two attached hydrogens (primary N) is 1. The van der Waals surface area contributed by atoms with Gasteiger partial charge in [-0.05, 0) is 53.9 Å². The zero-order chi connectivity index (χ0) is 24.7. The second kappa shape index (κ2) is 8.92. The van der Waals surface area contributed by atoms with Crippen molar-refractivity contribution in [3.05, 3.63) is 104 Å². The number of hydrogen-bond donors (Lipinski definition) is 1. The largest absolute Gasteiger partial charge is 0.497 e. The Balaban J connectivity index is 1.71. The maximum atomic E-state index is 12.4. The van der Waals surface area contributed by atoms with Gasteiger partial charge in [-0.15, -0.1) is 0 Å². The molecule has 0 saturated carbocycles. The number of hydrogen-bond acceptors (Lipinski definition) is 5. The van der Waals surface area contributed by atoms with E-state index in [1.165, 1.54) is 0 Å². The Labute approximate surface area is 205 Å². The fourth-order valence-electron chi connectivity index (χ4n) is 4.36. The highest BCUT2D eigenvalue weighted by atomic mass is 35.5. The molecule has 5 rings (SSSR count). The number of nitrogens with zero attached hydrogens (tertiary/aromatic N) is 2. The molecule has 7 nitrogen and oxygen atoms in total. The van der Waals surface area contributed by atoms with E-state index in [2.05, 4.69) is 4.57 Å². The molecule has 176 valence electrons. The minimum Gasteiger partial charge on any atom is -0.497 e. The molecule has 0 saturated heterocycles. The van der Waals surface area contributed by atoms with Crippen LogP contribution in [0, 0.1) is 6.92 Å². The van der Waals surface area contributed by atoms with Crippen LogP contribution in [0.25, 0.3) is 22.0 Å². The van der Waals surface area contributed by atoms with Crippen LogP contribution in [0.15, 0.2) is 69.9 Å². The number of benzene rings is 3. The third-order valence-corrected chi connectivity index (χ3v) is 6.35. The van der Waals surface area contributed by atoms with Crippen LogP contribution in [-0.2, 0) is 13.0 Å². The highest BCUT2D eigenvalue weighted by Gasteiger charge is 2.19. The maximum absolute atomic E-state index is 12.4. The van der Waals surface area contributed by atoms with E-state index in [1.54, 1.807) is 20.1 Å². The lowest BCUT2D eigenvalue weighted by Crippen LogP contribution is -2.22. The van der Waals surface area contributed by atoms with Crippen molar-refractivity contribution in [3.63, 3.8) is 0 Å². The minimum atomic E-state index is -0.815. The number of rotatable bonds is 6. The quantitative estimate of drug-likeness (QED) is 0.345. The van der Waals surface area contributed by atoms with Crippen LogP contribution < -0.4 is 16.1 Å². The van der Waals surface area contributed by atoms with Crippen molar-refractivity contribution in [3.8, 4) is 5.75 Å². The van der Waals surface area contributed by atoms with Crippen molar-refractivity contribution in [1.29, 1.82) is 0 Å². The first-order valence-electron chi connectivity index (χ1n) is 11.0. The lowest BCUT2D eigenvalue weighted by atomic mass is 10.1. The Kier molecular flexibility index (Phi) is 5.78. The SMILES string of the molecule is COc1ccc(Cc2nc3cc4c(C)c(C(N)=O)c(=O)oc4cc3n2Cc2cccc(Cl)c2)cc1. The molecule has 2 N–H and O–H groups in total. The molecule has 2 aromatic heterocycles. The van der Waals surface area contributed by atoms with Gasteiger partial charge in [0.25, 0.3) is 5.91 Å². The van der Waals surface area contributed by atoms with E-state index in [0.717, 1.165) is 33.7 Å². The second-order valence-corrected chi connectivity index (χ2v) is 8.80. The molecule has 0 bridgehead atoms. The van der Waals surface area contributed by atoms with Crippen LogP contribution >= 0.6 is 11.6 Å². The fraction of sp³-hybridized carbons (Fsp3) is 0.148. The van der Waals surface area contributed by atoms with E-state index in [1.807, 2.05) is 54.6 Å². The van der Waals surface area contributed by atoms with Gasteiger partial charge in [0.15, 0.2) is 0 Å². The summed E-state index contributed by atoms with van der Waals surface area (Å²) in [5.41, 5.74) is 8.96. The smallest absolute Gasteiger partial charge is 0.349 e. The van der Waals surface area contributed by atoms with Crippen LogP contribution in [0.2, 0.25) is 5.02 Å². The number of fused-ring (bicyclic) bond motifs is 2. The fourth-order valence-corrected chi connectivity index (χ4v) is 4.57. The van der Waals surface area contributed by atoms with Crippen molar-refractivity contribution in [2.75, 3.05) is 7.11 Å². The zero-order valence-electron chi connectivity index (χ0n) is 19.2. The summed E-state index contributed by atoms with van der Waals surface area (Å²) < 4.78 is 12.8. The second-order valence-electron chi connectivity index (χ2n) is 8.36. The highest BCUT2D eigenvalue weighted by Crippen LogP contribution is 2.28. The molecule has 0 aliphatic rings. The van der Waals surface area contributed by atoms with E-state index in [-0.39, 0.29) is 5.56 Å². The molecular formula is C27H22ClN3O4. The molecule has 2 heterocycles. The van der Waals surface area contributed by atoms with Gasteiger partial charge in [-0.2, -0.15) is 0 Å². The summed E-state index contributed by atoms with van der Waals surface area (Å²) in [5, 5.41) is 1.27. The number of aromatic nitrogens is 2. The molecule has 0 aliphatic carbocycles. The van der Waals surface area contributed by atoms with Crippen LogP contribution in [0.3, 0.4) is 0 Å². The average Bonchev–Trinajstić information content (AvgIpc) is 3.14. The van der Waals surface area contributed by atoms with E-state index < -0.39 is 11.5 Å². The number of methoxy groups -OCH3 is 1. The number of halogens is 1. The Morgan fingerprint density at radius 1 is 1.11 bits per heavy atom. The van der Waals surface area contributed by atoms with E-state index >= 15 is 0 Å². The molecule has 1 amide bonds. The summed E-state index contributed by atoms with van der Waals surface area (Å²) in [6.07, 6.45) is 0.574. The van der Waals surface area contributed by atoms with Crippen molar-refractivity contribution in [1.82, 2.24) is 9.55 Å². The Morgan fingerprint density at radius 2 is 1.89 bits per heavy atom. The summed E-state index contributed by atoms with van der Waals surface area (Å²) in [6.45, 7) is 2.21. The molecule has 8 heteroatoms. The maximum Gasteiger partial charge on any atom is 0.349 e. The number of carbonyl (C=O) groups excluding carboxylic acids is 1. The van der Waals surface area contributed by atoms with Crippen LogP contribution in [0.4, 0.5) is 0 Å². The number of aryl methyl sites for hydroxylation is 1. The van der Waals surface area contributed by atoms with E-state index in [0.29, 0.717) is 34.5 Å². The Morgan fingerprint density at radius 3 is 2.57 bits per heavy atom. The van der Waals surface area contributed by atoms with Gasteiger partial charge in [0.1, 0.15) is 22.7 Å². The summed E-state index contributed by atoms with van der Waals surface area (Å²) >= 11 is 6.23. The normalized spacial score (nSPS) is 11.3. The molecule has 0 unspecified atom stereocenters. The lowest BCUT2D eigenvalue weighted by molar-refractivity contribution is 0.0996. The van der Waals surface area contributed by atoms with Crippen molar-refractivity contribution >= 4 is 39.5 Å². The van der Waals surface area contributed by atoms with Crippen molar-refractivity contribution in [2.24, 2.45) is 5.73 Å². The monoisotopic (exact) mass is 487 g/mol. The molecular weight excluding hydrogens is 466 g/mol. The molecule has 35 heavy (non-hydrogen) atoms. The minimum absolute atomic E-state index is 0.145. The Hall–Kier alpha value is -4.10. The number of amides is 1. The molecule has 0 radical (unpaired) electrons. The number of carbonyl (C=O) groups is 1. The number of ether oxygens (including phenoxy) is 1. The summed E-state index contributed by atoms with van der Waals surface area (Å²) in [5.74, 6) is 0.795. The van der Waals surface area contributed by atoms with Gasteiger partial charge in [-0.3, -0.25) is 4.79 Å². The average molecular weight is 488 g/mol. The number of imidazole rings is 1. The van der Waals surface area contributed by atoms with E-state index in [4.69, 9.17) is 31.5 Å². The number of primary amides is 1. The third-order valence-electron chi connectivity index (χ3n) is 6.11. The molecule has 0 atom stereocenters. The summed E-state index contributed by atoms with van der Waals surface area (Å²) in [7, 11) is 1.63. The van der Waals surface area contributed by atoms with Crippen molar-refractivity contribution in [2.45, 2.75) is 19.9 Å². The van der Waals surface area contributed by atoms with Crippen LogP contribution in [-0.4, -0.2) is 22.6 Å².